The maximum Gasteiger partial charge on any atom is 0.307 e. The fourth-order valence-corrected chi connectivity index (χ4v) is 13.5. The molecule has 14 aliphatic heterocycles. The summed E-state index contributed by atoms with van der Waals surface area (Å²) in [6, 6.07) is 0. The van der Waals surface area contributed by atoms with E-state index in [1.54, 1.807) is 55.4 Å². The monoisotopic (exact) mass is 1340 g/mol. The third-order valence-corrected chi connectivity index (χ3v) is 17.1. The summed E-state index contributed by atoms with van der Waals surface area (Å²) in [5.74, 6) is -9.00. The van der Waals surface area contributed by atoms with Gasteiger partial charge in [-0.2, -0.15) is 0 Å². The molecule has 4 amide bonds. The van der Waals surface area contributed by atoms with Crippen molar-refractivity contribution in [1.29, 1.82) is 0 Å². The van der Waals surface area contributed by atoms with Gasteiger partial charge in [-0.3, -0.25) is 38.6 Å². The third kappa shape index (κ3) is 15.6. The molecule has 0 aliphatic carbocycles. The Bertz CT molecular complexity index is 2680. The van der Waals surface area contributed by atoms with Crippen LogP contribution in [0.2, 0.25) is 0 Å². The van der Waals surface area contributed by atoms with Crippen LogP contribution in [0.1, 0.15) is 124 Å². The molecule has 32 nitrogen and oxygen atoms in total. The lowest BCUT2D eigenvalue weighted by Crippen LogP contribution is -2.56. The molecule has 94 heavy (non-hydrogen) atoms. The van der Waals surface area contributed by atoms with E-state index in [9.17, 15) is 39.0 Å². The summed E-state index contributed by atoms with van der Waals surface area (Å²) in [5.41, 5.74) is 0. The highest BCUT2D eigenvalue weighted by Gasteiger charge is 2.65. The van der Waals surface area contributed by atoms with Crippen molar-refractivity contribution in [1.82, 2.24) is 9.80 Å². The van der Waals surface area contributed by atoms with Crippen molar-refractivity contribution in [2.75, 3.05) is 39.5 Å². The van der Waals surface area contributed by atoms with E-state index >= 15 is 0 Å². The first kappa shape index (κ1) is 71.1. The lowest BCUT2D eigenvalue weighted by Gasteiger charge is -2.36. The van der Waals surface area contributed by atoms with Gasteiger partial charge in [0.25, 0.3) is 23.6 Å². The number of rotatable bonds is 12. The molecular weight excluding hydrogens is 1250 g/mol. The molecule has 20 unspecified atom stereocenters. The van der Waals surface area contributed by atoms with Crippen molar-refractivity contribution in [2.45, 2.75) is 293 Å². The van der Waals surface area contributed by atoms with E-state index in [1.165, 1.54) is 24.3 Å². The number of aliphatic hydroxyl groups excluding tert-OH is 2. The summed E-state index contributed by atoms with van der Waals surface area (Å²) in [5, 5.41) is 18.8. The highest BCUT2D eigenvalue weighted by molar-refractivity contribution is 6.13. The fourth-order valence-electron chi connectivity index (χ4n) is 13.5. The first-order valence-corrected chi connectivity index (χ1v) is 31.8. The van der Waals surface area contributed by atoms with Gasteiger partial charge >= 0.3 is 11.9 Å². The molecule has 12 saturated heterocycles. The van der Waals surface area contributed by atoms with E-state index in [2.05, 4.69) is 0 Å². The van der Waals surface area contributed by atoms with Crippen LogP contribution in [0.4, 0.5) is 0 Å². The molecule has 0 aromatic carbocycles. The number of nitrogens with zero attached hydrogens (tertiary/aromatic N) is 2. The smallest absolute Gasteiger partial charge is 0.307 e. The van der Waals surface area contributed by atoms with Gasteiger partial charge in [0.05, 0.1) is 26.1 Å². The van der Waals surface area contributed by atoms with Crippen LogP contribution in [0, 0.1) is 0 Å². The number of carbonyl (C=O) groups is 6. The van der Waals surface area contributed by atoms with Crippen molar-refractivity contribution in [3.63, 3.8) is 0 Å². The standard InChI is InChI=1S/2C19H25NO9.2C12H20O6/c2*1-18(2)26-14-10(25-17-16(15(14)27-18)28-19(3,4)29-17)9-24-13(23)7-8-20-11(21)5-6-12(20)22;2*1-11(2)15-7-6(5-13)14-10-9(8(7)16-11)17-12(3,4)18-10/h2*5-6,10,14-17H,7-9H2,1-4H3;2*6-10,13H,5H2,1-4H3. The first-order chi connectivity index (χ1) is 43.7. The van der Waals surface area contributed by atoms with Gasteiger partial charge in [-0.15, -0.1) is 0 Å². The van der Waals surface area contributed by atoms with Gasteiger partial charge in [0.2, 0.25) is 0 Å². The fraction of sp³-hybridized carbons (Fsp3) is 0.839. The molecular formula is C62H90N2O30. The van der Waals surface area contributed by atoms with Crippen LogP contribution in [0.3, 0.4) is 0 Å². The lowest BCUT2D eigenvalue weighted by atomic mass is 9.99. The van der Waals surface area contributed by atoms with E-state index in [0.717, 1.165) is 9.80 Å². The van der Waals surface area contributed by atoms with Gasteiger partial charge in [0, 0.05) is 37.4 Å². The maximum absolute atomic E-state index is 12.1. The highest BCUT2D eigenvalue weighted by Crippen LogP contribution is 2.49. The predicted octanol–water partition coefficient (Wildman–Crippen LogP) is 1.23. The zero-order valence-electron chi connectivity index (χ0n) is 55.7. The van der Waals surface area contributed by atoms with Crippen LogP contribution < -0.4 is 0 Å². The molecule has 0 spiro atoms. The van der Waals surface area contributed by atoms with Gasteiger partial charge in [-0.05, 0) is 111 Å². The largest absolute Gasteiger partial charge is 0.463 e. The minimum absolute atomic E-state index is 0.0381. The Morgan fingerprint density at radius 3 is 0.777 bits per heavy atom. The molecule has 14 aliphatic rings. The summed E-state index contributed by atoms with van der Waals surface area (Å²) < 4.78 is 128. The van der Waals surface area contributed by atoms with E-state index in [1.807, 2.05) is 55.4 Å². The molecule has 0 bridgehead atoms. The van der Waals surface area contributed by atoms with Gasteiger partial charge < -0.3 is 114 Å². The number of aliphatic hydroxyl groups is 2. The number of amides is 4. The molecule has 0 saturated carbocycles. The van der Waals surface area contributed by atoms with Crippen LogP contribution >= 0.6 is 0 Å². The molecule has 14 rings (SSSR count). The number of ether oxygens (including phenoxy) is 22. The Morgan fingerprint density at radius 2 is 0.532 bits per heavy atom. The van der Waals surface area contributed by atoms with E-state index in [-0.39, 0.29) is 89.0 Å². The zero-order valence-corrected chi connectivity index (χ0v) is 55.7. The number of carbonyl (C=O) groups excluding carboxylic acids is 6. The summed E-state index contributed by atoms with van der Waals surface area (Å²) in [7, 11) is 0. The summed E-state index contributed by atoms with van der Waals surface area (Å²) >= 11 is 0. The number of fused-ring (bicyclic) bond motifs is 12. The van der Waals surface area contributed by atoms with Crippen molar-refractivity contribution >= 4 is 35.6 Å². The summed E-state index contributed by atoms with van der Waals surface area (Å²) in [6.45, 7) is 28.5. The average molecular weight is 1340 g/mol. The molecule has 528 valence electrons. The van der Waals surface area contributed by atoms with E-state index < -0.39 is 168 Å². The van der Waals surface area contributed by atoms with Crippen molar-refractivity contribution in [3.05, 3.63) is 24.3 Å². The number of hydrogen-bond acceptors (Lipinski definition) is 30. The van der Waals surface area contributed by atoms with Crippen molar-refractivity contribution in [2.24, 2.45) is 0 Å². The number of esters is 2. The average Bonchev–Trinajstić information content (AvgIpc) is 1.62. The van der Waals surface area contributed by atoms with Crippen LogP contribution in [-0.4, -0.2) is 264 Å². The highest BCUT2D eigenvalue weighted by atomic mass is 16.9. The van der Waals surface area contributed by atoms with E-state index in [0.29, 0.717) is 0 Å². The second kappa shape index (κ2) is 26.2. The normalized spacial score (nSPS) is 41.5. The van der Waals surface area contributed by atoms with Gasteiger partial charge in [0.1, 0.15) is 111 Å². The van der Waals surface area contributed by atoms with Crippen LogP contribution in [0.5, 0.6) is 0 Å². The Hall–Kier alpha value is -4.18. The molecule has 2 N–H and O–H groups in total. The first-order valence-electron chi connectivity index (χ1n) is 31.8. The Morgan fingerprint density at radius 1 is 0.330 bits per heavy atom. The summed E-state index contributed by atoms with van der Waals surface area (Å²) in [4.78, 5) is 72.4. The van der Waals surface area contributed by atoms with Gasteiger partial charge in [0.15, 0.2) is 71.5 Å². The van der Waals surface area contributed by atoms with Crippen molar-refractivity contribution < 1.29 is 143 Å². The van der Waals surface area contributed by atoms with Crippen molar-refractivity contribution in [3.8, 4) is 0 Å². The molecule has 32 heteroatoms. The zero-order chi connectivity index (χ0) is 68.2. The van der Waals surface area contributed by atoms with Crippen LogP contribution in [0.25, 0.3) is 0 Å². The van der Waals surface area contributed by atoms with E-state index in [4.69, 9.17) is 104 Å². The maximum atomic E-state index is 12.1. The third-order valence-electron chi connectivity index (χ3n) is 17.1. The molecule has 14 heterocycles. The number of imide groups is 2. The Kier molecular flexibility index (Phi) is 19.8. The lowest BCUT2D eigenvalue weighted by molar-refractivity contribution is -0.242. The molecule has 0 radical (unpaired) electrons. The summed E-state index contributed by atoms with van der Waals surface area (Å²) in [6.07, 6.45) is -4.66. The quantitative estimate of drug-likeness (QED) is 0.205. The topological polar surface area (TPSA) is 352 Å². The minimum Gasteiger partial charge on any atom is -0.463 e. The Labute approximate surface area is 543 Å². The molecule has 0 aromatic rings. The Balaban J connectivity index is 0.000000131. The van der Waals surface area contributed by atoms with Crippen LogP contribution in [0.15, 0.2) is 24.3 Å². The second-order valence-electron chi connectivity index (χ2n) is 28.4. The molecule has 0 aromatic heterocycles. The predicted molar refractivity (Wildman–Crippen MR) is 307 cm³/mol. The van der Waals surface area contributed by atoms with Gasteiger partial charge in [-0.1, -0.05) is 0 Å². The SMILES string of the molecule is CC1(C)OC2OC(CO)C3OC(C)(C)OC3C2O1.CC1(C)OC2OC(CO)C3OC(C)(C)OC3C2O1.CC1(C)OC2OC(COC(=O)CCN3C(=O)C=CC3=O)C3OC(C)(C)OC3C2O1.CC1(C)OC2OC(COC(=O)CCN3C(=O)C=CC3=O)C3OC(C)(C)OC3C2O1. The van der Waals surface area contributed by atoms with Crippen LogP contribution in [-0.2, 0) is 133 Å². The molecule has 20 atom stereocenters. The molecule has 12 fully saturated rings. The second-order valence-corrected chi connectivity index (χ2v) is 28.4. The number of hydrogen-bond donors (Lipinski definition) is 2. The van der Waals surface area contributed by atoms with Gasteiger partial charge in [-0.25, -0.2) is 0 Å². The minimum atomic E-state index is -0.838.